The van der Waals surface area contributed by atoms with Crippen molar-refractivity contribution in [2.24, 2.45) is 11.8 Å². The molecule has 0 nitrogen and oxygen atoms in total. The van der Waals surface area contributed by atoms with Gasteiger partial charge < -0.3 is 13.3 Å². The summed E-state index contributed by atoms with van der Waals surface area (Å²) in [6, 6.07) is 0. The molecule has 0 heterocycles. The molecule has 2 unspecified atom stereocenters. The van der Waals surface area contributed by atoms with Gasteiger partial charge >= 0.3 is 21.1 Å². The van der Waals surface area contributed by atoms with Gasteiger partial charge in [0.15, 0.2) is 0 Å². The second-order valence-corrected chi connectivity index (χ2v) is 4.98. The van der Waals surface area contributed by atoms with Gasteiger partial charge in [0, 0.05) is 0 Å². The van der Waals surface area contributed by atoms with Crippen LogP contribution in [0.25, 0.3) is 0 Å². The Morgan fingerprint density at radius 2 is 1.21 bits per heavy atom. The minimum atomic E-state index is 0. The van der Waals surface area contributed by atoms with Crippen LogP contribution < -0.4 is 0 Å². The van der Waals surface area contributed by atoms with Crippen LogP contribution >= 0.6 is 0 Å². The van der Waals surface area contributed by atoms with Crippen LogP contribution in [0.1, 0.15) is 59.3 Å². The zero-order valence-corrected chi connectivity index (χ0v) is 13.2. The van der Waals surface area contributed by atoms with E-state index in [2.05, 4.69) is 20.8 Å². The van der Waals surface area contributed by atoms with E-state index in [9.17, 15) is 0 Å². The van der Waals surface area contributed by atoms with Crippen molar-refractivity contribution in [2.75, 3.05) is 0 Å². The fraction of sp³-hybridized carbons (Fsp3) is 0.846. The molecule has 2 atom stereocenters. The summed E-state index contributed by atoms with van der Waals surface area (Å²) in [5.41, 5.74) is 0. The molecular weight excluding hydrogens is 340 g/mol. The largest absolute Gasteiger partial charge is 2.00 e. The Hall–Kier alpha value is 0.688. The molecule has 0 radical (unpaired) electrons. The van der Waals surface area contributed by atoms with Crippen molar-refractivity contribution >= 4 is 0 Å². The zero-order chi connectivity index (χ0) is 8.97. The Morgan fingerprint density at radius 1 is 0.857 bits per heavy atom. The minimum absolute atomic E-state index is 0. The first-order valence-electron chi connectivity index (χ1n) is 5.45. The van der Waals surface area contributed by atoms with Crippen LogP contribution in [0.3, 0.4) is 0 Å². The molecule has 2 aliphatic carbocycles. The molecule has 0 N–H and O–H groups in total. The molecule has 2 aliphatic rings. The van der Waals surface area contributed by atoms with Gasteiger partial charge in [0.25, 0.3) is 0 Å². The van der Waals surface area contributed by atoms with E-state index in [1.807, 2.05) is 0 Å². The summed E-state index contributed by atoms with van der Waals surface area (Å²) >= 11 is 0. The molecule has 0 saturated heterocycles. The minimum Gasteiger partial charge on any atom is -0.358 e. The van der Waals surface area contributed by atoms with Gasteiger partial charge in [-0.1, -0.05) is 32.1 Å². The van der Waals surface area contributed by atoms with E-state index in [0.717, 1.165) is 11.8 Å². The van der Waals surface area contributed by atoms with Crippen LogP contribution in [-0.2, 0) is 21.1 Å². The molecule has 0 aromatic carbocycles. The van der Waals surface area contributed by atoms with E-state index in [1.54, 1.807) is 32.1 Å². The van der Waals surface area contributed by atoms with Crippen LogP contribution in [0.15, 0.2) is 0 Å². The van der Waals surface area contributed by atoms with Gasteiger partial charge in [-0.3, -0.25) is 0 Å². The smallest absolute Gasteiger partial charge is 0.358 e. The first-order chi connectivity index (χ1) is 5.68. The average Bonchev–Trinajstić information content (AvgIpc) is 2.30. The fourth-order valence-corrected chi connectivity index (χ4v) is 2.40. The van der Waals surface area contributed by atoms with Gasteiger partial charge in [-0.2, -0.15) is 20.8 Å². The summed E-state index contributed by atoms with van der Waals surface area (Å²) in [4.78, 5) is 0. The Balaban J connectivity index is 0. The summed E-state index contributed by atoms with van der Waals surface area (Å²) in [7, 11) is 0. The van der Waals surface area contributed by atoms with Gasteiger partial charge in [0.05, 0.1) is 0 Å². The van der Waals surface area contributed by atoms with Crippen molar-refractivity contribution in [1.29, 1.82) is 0 Å². The zero-order valence-electron chi connectivity index (χ0n) is 10.3. The number of fused-ring (bicyclic) bond motifs is 2. The Kier molecular flexibility index (Phi) is 10.9. The maximum Gasteiger partial charge on any atom is 2.00 e. The predicted molar refractivity (Wildman–Crippen MR) is 61.4 cm³/mol. The monoisotopic (exact) mass is 366 g/mol. The van der Waals surface area contributed by atoms with Gasteiger partial charge in [0.2, 0.25) is 0 Å². The molecular formula is C13H26W. The average molecular weight is 366 g/mol. The Morgan fingerprint density at radius 3 is 1.50 bits per heavy atom. The van der Waals surface area contributed by atoms with E-state index in [-0.39, 0.29) is 28.5 Å². The molecule has 0 aromatic heterocycles. The number of hydrogen-bond acceptors (Lipinski definition) is 0. The van der Waals surface area contributed by atoms with Crippen LogP contribution in [0.5, 0.6) is 0 Å². The molecule has 14 heavy (non-hydrogen) atoms. The molecule has 1 heteroatoms. The molecule has 0 amide bonds. The van der Waals surface area contributed by atoms with Crippen LogP contribution in [0.4, 0.5) is 0 Å². The first-order valence-corrected chi connectivity index (χ1v) is 5.45. The second kappa shape index (κ2) is 8.95. The van der Waals surface area contributed by atoms with Gasteiger partial charge in [-0.25, -0.2) is 0 Å². The summed E-state index contributed by atoms with van der Waals surface area (Å²) in [5.74, 6) is 3.74. The van der Waals surface area contributed by atoms with Crippen LogP contribution in [0, 0.1) is 25.2 Å². The van der Waals surface area contributed by atoms with Gasteiger partial charge in [-0.15, -0.1) is 0 Å². The third kappa shape index (κ3) is 7.04. The Bertz CT molecular complexity index is 104. The summed E-state index contributed by atoms with van der Waals surface area (Å²) in [6.07, 6.45) is 9.34. The second-order valence-electron chi connectivity index (χ2n) is 4.98. The normalized spacial score (nSPS) is 28.3. The van der Waals surface area contributed by atoms with Gasteiger partial charge in [-0.05, 0) is 18.3 Å². The van der Waals surface area contributed by atoms with Crippen molar-refractivity contribution in [2.45, 2.75) is 59.3 Å². The van der Waals surface area contributed by atoms with Crippen molar-refractivity contribution < 1.29 is 21.1 Å². The van der Waals surface area contributed by atoms with E-state index in [0.29, 0.717) is 0 Å². The standard InChI is InChI=1S/C8H14.C4H9.CH3.W/c1-2-7-4-5-8(3-1)6-7;1-4(2)3;;/h7-8H,1-6H2;1-3H3;1H3;/q;2*-1;+2. The van der Waals surface area contributed by atoms with E-state index in [1.165, 1.54) is 12.3 Å². The maximum atomic E-state index is 2.08. The number of rotatable bonds is 0. The fourth-order valence-electron chi connectivity index (χ4n) is 2.40. The molecule has 2 bridgehead atoms. The molecule has 0 spiro atoms. The van der Waals surface area contributed by atoms with Crippen molar-refractivity contribution in [1.82, 2.24) is 0 Å². The number of hydrogen-bond donors (Lipinski definition) is 0. The topological polar surface area (TPSA) is 0 Å². The third-order valence-corrected chi connectivity index (χ3v) is 2.87. The molecule has 2 saturated carbocycles. The van der Waals surface area contributed by atoms with E-state index >= 15 is 0 Å². The Labute approximate surface area is 106 Å². The van der Waals surface area contributed by atoms with E-state index in [4.69, 9.17) is 0 Å². The predicted octanol–water partition coefficient (Wildman–Crippen LogP) is 4.65. The van der Waals surface area contributed by atoms with Gasteiger partial charge in [0.1, 0.15) is 0 Å². The molecule has 84 valence electrons. The van der Waals surface area contributed by atoms with Crippen molar-refractivity contribution in [3.8, 4) is 0 Å². The maximum absolute atomic E-state index is 2.08. The summed E-state index contributed by atoms with van der Waals surface area (Å²) in [6.45, 7) is 6.25. The van der Waals surface area contributed by atoms with Crippen LogP contribution in [-0.4, -0.2) is 0 Å². The van der Waals surface area contributed by atoms with E-state index < -0.39 is 0 Å². The molecule has 2 fully saturated rings. The summed E-state index contributed by atoms with van der Waals surface area (Å²) < 4.78 is 0. The molecule has 2 rings (SSSR count). The first kappa shape index (κ1) is 17.1. The molecule has 0 aromatic rings. The molecule has 0 aliphatic heterocycles. The SMILES string of the molecule is C1CC2CCC(C1)C2.C[C-](C)C.[CH3-].[W+2]. The van der Waals surface area contributed by atoms with Crippen LogP contribution in [0.2, 0.25) is 0 Å². The van der Waals surface area contributed by atoms with Crippen molar-refractivity contribution in [3.63, 3.8) is 0 Å². The quantitative estimate of drug-likeness (QED) is 0.548. The summed E-state index contributed by atoms with van der Waals surface area (Å²) in [5, 5.41) is 0. The third-order valence-electron chi connectivity index (χ3n) is 2.87. The van der Waals surface area contributed by atoms with Crippen molar-refractivity contribution in [3.05, 3.63) is 13.3 Å².